The number of imidazole rings is 1. The zero-order valence-electron chi connectivity index (χ0n) is 19.5. The van der Waals surface area contributed by atoms with Crippen molar-refractivity contribution in [3.63, 3.8) is 0 Å². The van der Waals surface area contributed by atoms with Crippen molar-refractivity contribution in [1.82, 2.24) is 40.0 Å². The number of carbonyl (C=O) groups excluding carboxylic acids is 1. The molecule has 178 valence electrons. The van der Waals surface area contributed by atoms with Crippen LogP contribution in [0.5, 0.6) is 0 Å². The maximum absolute atomic E-state index is 12.2. The number of likely N-dealkylation sites (N-methyl/N-ethyl adjacent to an activating group) is 1. The molecule has 0 spiro atoms. The Hall–Kier alpha value is -4.90. The normalized spacial score (nSPS) is 11.5. The van der Waals surface area contributed by atoms with Crippen LogP contribution in [-0.4, -0.2) is 66.6 Å². The molecule has 3 N–H and O–H groups in total. The molecule has 6 aromatic rings. The molecule has 6 heterocycles. The van der Waals surface area contributed by atoms with E-state index in [0.717, 1.165) is 33.1 Å². The van der Waals surface area contributed by atoms with E-state index in [9.17, 15) is 4.79 Å². The van der Waals surface area contributed by atoms with Crippen LogP contribution in [0.1, 0.15) is 0 Å². The first-order valence-corrected chi connectivity index (χ1v) is 11.2. The van der Waals surface area contributed by atoms with Gasteiger partial charge in [-0.25, -0.2) is 9.97 Å². The van der Waals surface area contributed by atoms with Crippen molar-refractivity contribution < 1.29 is 9.21 Å². The fraction of sp³-hybridized carbons (Fsp3) is 0.120. The Balaban J connectivity index is 1.38. The molecule has 36 heavy (non-hydrogen) atoms. The van der Waals surface area contributed by atoms with Gasteiger partial charge in [-0.05, 0) is 38.4 Å². The van der Waals surface area contributed by atoms with Crippen molar-refractivity contribution in [2.45, 2.75) is 0 Å². The number of hydrogen-bond acceptors (Lipinski definition) is 8. The predicted molar refractivity (Wildman–Crippen MR) is 135 cm³/mol. The lowest BCUT2D eigenvalue weighted by Crippen LogP contribution is -2.27. The second-order valence-corrected chi connectivity index (χ2v) is 8.59. The van der Waals surface area contributed by atoms with E-state index in [0.29, 0.717) is 28.5 Å². The summed E-state index contributed by atoms with van der Waals surface area (Å²) in [6.45, 7) is 0.279. The third-order valence-electron chi connectivity index (χ3n) is 5.67. The monoisotopic (exact) mass is 479 g/mol. The number of aromatic nitrogens is 7. The average Bonchev–Trinajstić information content (AvgIpc) is 3.62. The molecule has 0 atom stereocenters. The third-order valence-corrected chi connectivity index (χ3v) is 5.67. The van der Waals surface area contributed by atoms with Crippen LogP contribution in [0.2, 0.25) is 0 Å². The first kappa shape index (κ1) is 21.6. The van der Waals surface area contributed by atoms with Crippen LogP contribution >= 0.6 is 0 Å². The van der Waals surface area contributed by atoms with E-state index in [2.05, 4.69) is 40.4 Å². The maximum atomic E-state index is 12.2. The van der Waals surface area contributed by atoms with Crippen molar-refractivity contribution in [2.75, 3.05) is 26.0 Å². The van der Waals surface area contributed by atoms with Gasteiger partial charge in [-0.15, -0.1) is 0 Å². The van der Waals surface area contributed by atoms with E-state index in [4.69, 9.17) is 4.42 Å². The smallest absolute Gasteiger partial charge is 0.238 e. The minimum atomic E-state index is -0.118. The summed E-state index contributed by atoms with van der Waals surface area (Å²) in [5.74, 6) is 0.465. The number of pyridine rings is 3. The topological polar surface area (TPSA) is 142 Å². The number of nitrogens with zero attached hydrogens (tertiary/aromatic N) is 6. The second kappa shape index (κ2) is 8.71. The minimum Gasteiger partial charge on any atom is -0.472 e. The van der Waals surface area contributed by atoms with Crippen molar-refractivity contribution >= 4 is 33.7 Å². The van der Waals surface area contributed by atoms with Crippen molar-refractivity contribution in [1.29, 1.82) is 0 Å². The van der Waals surface area contributed by atoms with Gasteiger partial charge in [-0.2, -0.15) is 5.10 Å². The summed E-state index contributed by atoms with van der Waals surface area (Å²) in [4.78, 5) is 35.3. The molecule has 11 nitrogen and oxygen atoms in total. The lowest BCUT2D eigenvalue weighted by Gasteiger charge is -2.10. The SMILES string of the molecule is CN(C)CC(=O)Nc1cncc(-c2cc3c(-c4nc5nccc(-c6ccoc6)c5[nH]4)n[nH]c3cn2)c1. The number of H-pyrrole nitrogens is 2. The quantitative estimate of drug-likeness (QED) is 0.328. The summed E-state index contributed by atoms with van der Waals surface area (Å²) in [6, 6.07) is 7.57. The maximum Gasteiger partial charge on any atom is 0.238 e. The van der Waals surface area contributed by atoms with Gasteiger partial charge < -0.3 is 19.6 Å². The minimum absolute atomic E-state index is 0.118. The van der Waals surface area contributed by atoms with Crippen LogP contribution in [-0.2, 0) is 4.79 Å². The molecule has 0 aliphatic carbocycles. The summed E-state index contributed by atoms with van der Waals surface area (Å²) in [6.07, 6.45) is 10.1. The lowest BCUT2D eigenvalue weighted by molar-refractivity contribution is -0.116. The number of amides is 1. The van der Waals surface area contributed by atoms with E-state index < -0.39 is 0 Å². The molecular weight excluding hydrogens is 458 g/mol. The molecule has 0 aliphatic heterocycles. The second-order valence-electron chi connectivity index (χ2n) is 8.59. The number of nitrogens with one attached hydrogen (secondary N) is 3. The number of aromatic amines is 2. The number of rotatable bonds is 6. The Bertz CT molecular complexity index is 1700. The van der Waals surface area contributed by atoms with E-state index >= 15 is 0 Å². The number of carbonyl (C=O) groups is 1. The van der Waals surface area contributed by atoms with Crippen LogP contribution in [0.3, 0.4) is 0 Å². The Morgan fingerprint density at radius 3 is 2.86 bits per heavy atom. The zero-order chi connectivity index (χ0) is 24.6. The van der Waals surface area contributed by atoms with Crippen molar-refractivity contribution in [3.05, 3.63) is 61.6 Å². The van der Waals surface area contributed by atoms with Crippen LogP contribution in [0.4, 0.5) is 5.69 Å². The standard InChI is InChI=1S/C25H21N9O2/c1-34(2)12-21(35)29-16-7-15(9-26-10-16)19-8-18-20(11-28-19)32-33-23(18)25-30-22-17(14-4-6-36-13-14)3-5-27-24(22)31-25/h3-11,13H,12H2,1-2H3,(H,29,35)(H,32,33)(H,27,30,31). The molecule has 0 aromatic carbocycles. The Morgan fingerprint density at radius 2 is 2.03 bits per heavy atom. The molecule has 6 aromatic heterocycles. The van der Waals surface area contributed by atoms with Gasteiger partial charge in [0.05, 0.1) is 53.9 Å². The third kappa shape index (κ3) is 3.97. The zero-order valence-corrected chi connectivity index (χ0v) is 19.5. The Morgan fingerprint density at radius 1 is 1.11 bits per heavy atom. The largest absolute Gasteiger partial charge is 0.472 e. The highest BCUT2D eigenvalue weighted by molar-refractivity contribution is 5.97. The van der Waals surface area contributed by atoms with Gasteiger partial charge in [-0.1, -0.05) is 0 Å². The number of furan rings is 1. The molecule has 11 heteroatoms. The highest BCUT2D eigenvalue weighted by atomic mass is 16.3. The highest BCUT2D eigenvalue weighted by Gasteiger charge is 2.17. The summed E-state index contributed by atoms with van der Waals surface area (Å²) in [5.41, 5.74) is 6.71. The van der Waals surface area contributed by atoms with Crippen LogP contribution in [0.15, 0.2) is 66.0 Å². The molecule has 0 saturated heterocycles. The van der Waals surface area contributed by atoms with Crippen LogP contribution < -0.4 is 5.32 Å². The first-order valence-electron chi connectivity index (χ1n) is 11.2. The van der Waals surface area contributed by atoms with Crippen LogP contribution in [0, 0.1) is 0 Å². The summed E-state index contributed by atoms with van der Waals surface area (Å²) >= 11 is 0. The molecule has 0 fully saturated rings. The van der Waals surface area contributed by atoms with E-state index in [-0.39, 0.29) is 12.5 Å². The van der Waals surface area contributed by atoms with E-state index in [1.807, 2.05) is 38.4 Å². The summed E-state index contributed by atoms with van der Waals surface area (Å²) in [5, 5.41) is 11.2. The molecule has 1 amide bonds. The molecule has 6 rings (SSSR count). The summed E-state index contributed by atoms with van der Waals surface area (Å²) in [7, 11) is 3.68. The van der Waals surface area contributed by atoms with Gasteiger partial charge in [0.15, 0.2) is 11.5 Å². The number of fused-ring (bicyclic) bond motifs is 2. The van der Waals surface area contributed by atoms with E-state index in [1.54, 1.807) is 42.2 Å². The predicted octanol–water partition coefficient (Wildman–Crippen LogP) is 3.72. The van der Waals surface area contributed by atoms with Gasteiger partial charge >= 0.3 is 0 Å². The van der Waals surface area contributed by atoms with Gasteiger partial charge in [0, 0.05) is 34.5 Å². The summed E-state index contributed by atoms with van der Waals surface area (Å²) < 4.78 is 5.25. The molecule has 0 radical (unpaired) electrons. The molecular formula is C25H21N9O2. The van der Waals surface area contributed by atoms with Gasteiger partial charge in [-0.3, -0.25) is 19.9 Å². The molecule has 0 bridgehead atoms. The fourth-order valence-electron chi connectivity index (χ4n) is 4.07. The van der Waals surface area contributed by atoms with Gasteiger partial charge in [0.25, 0.3) is 0 Å². The fourth-order valence-corrected chi connectivity index (χ4v) is 4.07. The van der Waals surface area contributed by atoms with Gasteiger partial charge in [0.1, 0.15) is 5.69 Å². The molecule has 0 aliphatic rings. The highest BCUT2D eigenvalue weighted by Crippen LogP contribution is 2.32. The molecule has 0 unspecified atom stereocenters. The molecule has 0 saturated carbocycles. The number of hydrogen-bond donors (Lipinski definition) is 3. The Kier molecular flexibility index (Phi) is 5.23. The lowest BCUT2D eigenvalue weighted by atomic mass is 10.1. The Labute approximate surface area is 204 Å². The van der Waals surface area contributed by atoms with E-state index in [1.165, 1.54) is 0 Å². The van der Waals surface area contributed by atoms with Gasteiger partial charge in [0.2, 0.25) is 5.91 Å². The van der Waals surface area contributed by atoms with Crippen molar-refractivity contribution in [2.24, 2.45) is 0 Å². The average molecular weight is 480 g/mol. The van der Waals surface area contributed by atoms with Crippen molar-refractivity contribution in [3.8, 4) is 33.9 Å². The first-order chi connectivity index (χ1) is 17.5. The van der Waals surface area contributed by atoms with Crippen LogP contribution in [0.25, 0.3) is 56.0 Å². The number of anilines is 1.